The van der Waals surface area contributed by atoms with Crippen LogP contribution in [0.1, 0.15) is 47.7 Å². The molecule has 178 valence electrons. The van der Waals surface area contributed by atoms with Crippen molar-refractivity contribution >= 4 is 11.6 Å². The van der Waals surface area contributed by atoms with Gasteiger partial charge in [0.2, 0.25) is 5.92 Å². The average Bonchev–Trinajstić information content (AvgIpc) is 2.84. The van der Waals surface area contributed by atoms with Crippen LogP contribution in [0.25, 0.3) is 11.1 Å². The summed E-state index contributed by atoms with van der Waals surface area (Å²) in [7, 11) is 2.86. The predicted octanol–water partition coefficient (Wildman–Crippen LogP) is 5.85. The van der Waals surface area contributed by atoms with Gasteiger partial charge in [-0.2, -0.15) is 0 Å². The van der Waals surface area contributed by atoms with Crippen LogP contribution >= 0.6 is 0 Å². The second-order valence-electron chi connectivity index (χ2n) is 8.12. The Bertz CT molecular complexity index is 1190. The highest BCUT2D eigenvalue weighted by molar-refractivity contribution is 6.07. The molecule has 0 unspecified atom stereocenters. The number of pyridine rings is 2. The number of halogens is 3. The number of rotatable bonds is 6. The fourth-order valence-corrected chi connectivity index (χ4v) is 4.18. The number of hydrogen-bond acceptors (Lipinski definition) is 5. The van der Waals surface area contributed by atoms with Gasteiger partial charge in [-0.1, -0.05) is 18.2 Å². The molecule has 1 aliphatic carbocycles. The van der Waals surface area contributed by atoms with Crippen molar-refractivity contribution in [3.8, 4) is 22.8 Å². The maximum Gasteiger partial charge on any atom is 0.257 e. The number of nitrogens with zero attached hydrogens (tertiary/aromatic N) is 2. The highest BCUT2D eigenvalue weighted by atomic mass is 19.3. The molecule has 0 radical (unpaired) electrons. The van der Waals surface area contributed by atoms with Gasteiger partial charge >= 0.3 is 0 Å². The van der Waals surface area contributed by atoms with Gasteiger partial charge in [-0.25, -0.2) is 18.2 Å². The first-order chi connectivity index (χ1) is 16.3. The summed E-state index contributed by atoms with van der Waals surface area (Å²) in [6.07, 6.45) is 2.73. The van der Waals surface area contributed by atoms with E-state index < -0.39 is 17.6 Å². The van der Waals surface area contributed by atoms with Crippen molar-refractivity contribution in [1.29, 1.82) is 0 Å². The molecule has 9 heteroatoms. The van der Waals surface area contributed by atoms with E-state index >= 15 is 0 Å². The van der Waals surface area contributed by atoms with Crippen molar-refractivity contribution in [3.63, 3.8) is 0 Å². The van der Waals surface area contributed by atoms with E-state index in [1.54, 1.807) is 24.3 Å². The Kier molecular flexibility index (Phi) is 6.72. The molecular formula is C25H24F3N3O3. The zero-order valence-electron chi connectivity index (χ0n) is 18.8. The van der Waals surface area contributed by atoms with Crippen molar-refractivity contribution in [1.82, 2.24) is 9.97 Å². The van der Waals surface area contributed by atoms with Crippen molar-refractivity contribution < 1.29 is 27.4 Å². The second-order valence-corrected chi connectivity index (χ2v) is 8.12. The van der Waals surface area contributed by atoms with Crippen molar-refractivity contribution in [3.05, 3.63) is 65.9 Å². The van der Waals surface area contributed by atoms with Gasteiger partial charge in [0.15, 0.2) is 5.75 Å². The molecule has 0 bridgehead atoms. The number of hydrogen-bond donors (Lipinski definition) is 1. The predicted molar refractivity (Wildman–Crippen MR) is 121 cm³/mol. The van der Waals surface area contributed by atoms with Crippen LogP contribution in [0.5, 0.6) is 11.6 Å². The van der Waals surface area contributed by atoms with E-state index in [9.17, 15) is 18.0 Å². The third-order valence-electron chi connectivity index (χ3n) is 5.98. The average molecular weight is 471 g/mol. The van der Waals surface area contributed by atoms with E-state index in [-0.39, 0.29) is 54.4 Å². The molecule has 1 aliphatic rings. The van der Waals surface area contributed by atoms with Crippen LogP contribution in [0.15, 0.2) is 48.8 Å². The minimum absolute atomic E-state index is 0.183. The molecule has 1 N–H and O–H groups in total. The van der Waals surface area contributed by atoms with Gasteiger partial charge in [-0.05, 0) is 25.0 Å². The summed E-state index contributed by atoms with van der Waals surface area (Å²) in [5.41, 5.74) is 1.62. The first-order valence-electron chi connectivity index (χ1n) is 10.8. The Morgan fingerprint density at radius 3 is 2.47 bits per heavy atom. The zero-order valence-corrected chi connectivity index (χ0v) is 18.8. The summed E-state index contributed by atoms with van der Waals surface area (Å²) < 4.78 is 52.6. The molecule has 0 atom stereocenters. The van der Waals surface area contributed by atoms with Crippen molar-refractivity contribution in [2.45, 2.75) is 37.5 Å². The van der Waals surface area contributed by atoms with Crippen molar-refractivity contribution in [2.75, 3.05) is 19.5 Å². The normalized spacial score (nSPS) is 15.6. The van der Waals surface area contributed by atoms with Crippen LogP contribution in [-0.4, -0.2) is 36.0 Å². The number of amides is 1. The number of nitrogens with one attached hydrogen (secondary N) is 1. The number of carbonyl (C=O) groups excluding carboxylic acids is 1. The third-order valence-corrected chi connectivity index (χ3v) is 5.98. The minimum Gasteiger partial charge on any atom is -0.491 e. The summed E-state index contributed by atoms with van der Waals surface area (Å²) in [6, 6.07) is 9.24. The van der Waals surface area contributed by atoms with Crippen molar-refractivity contribution in [2.24, 2.45) is 0 Å². The van der Waals surface area contributed by atoms with Gasteiger partial charge in [-0.15, -0.1) is 0 Å². The highest BCUT2D eigenvalue weighted by Crippen LogP contribution is 2.44. The van der Waals surface area contributed by atoms with E-state index in [1.807, 2.05) is 0 Å². The van der Waals surface area contributed by atoms with Gasteiger partial charge in [0.25, 0.3) is 11.8 Å². The molecule has 1 amide bonds. The number of benzene rings is 1. The zero-order chi connectivity index (χ0) is 24.3. The van der Waals surface area contributed by atoms with Crippen LogP contribution in [0.2, 0.25) is 0 Å². The monoisotopic (exact) mass is 471 g/mol. The molecule has 34 heavy (non-hydrogen) atoms. The second kappa shape index (κ2) is 9.70. The first kappa shape index (κ1) is 23.5. The summed E-state index contributed by atoms with van der Waals surface area (Å²) in [5, 5.41) is 2.84. The smallest absolute Gasteiger partial charge is 0.257 e. The lowest BCUT2D eigenvalue weighted by molar-refractivity contribution is -0.0384. The summed E-state index contributed by atoms with van der Waals surface area (Å²) in [6.45, 7) is 0. The maximum atomic E-state index is 14.7. The van der Waals surface area contributed by atoms with Gasteiger partial charge < -0.3 is 14.8 Å². The fraction of sp³-hybridized carbons (Fsp3) is 0.320. The lowest BCUT2D eigenvalue weighted by Crippen LogP contribution is -2.25. The number of alkyl halides is 2. The van der Waals surface area contributed by atoms with Crippen LogP contribution in [0.3, 0.4) is 0 Å². The van der Waals surface area contributed by atoms with Gasteiger partial charge in [-0.3, -0.25) is 9.78 Å². The number of anilines is 1. The SMILES string of the molecule is COc1cc(C(=O)Nc2c(-c3ccccc3F)ccnc2C2CCC(F)(F)CC2)cnc1OC. The third kappa shape index (κ3) is 4.83. The van der Waals surface area contributed by atoms with Gasteiger partial charge in [0.05, 0.1) is 31.2 Å². The Labute approximate surface area is 195 Å². The molecule has 0 spiro atoms. The molecule has 1 fully saturated rings. The molecule has 3 aromatic rings. The summed E-state index contributed by atoms with van der Waals surface area (Å²) >= 11 is 0. The lowest BCUT2D eigenvalue weighted by Gasteiger charge is -2.29. The van der Waals surface area contributed by atoms with Gasteiger partial charge in [0.1, 0.15) is 5.82 Å². The van der Waals surface area contributed by atoms with Crippen LogP contribution in [-0.2, 0) is 0 Å². The number of ether oxygens (including phenoxy) is 2. The first-order valence-corrected chi connectivity index (χ1v) is 10.8. The number of methoxy groups -OCH3 is 2. The Balaban J connectivity index is 1.76. The lowest BCUT2D eigenvalue weighted by atomic mass is 9.83. The molecule has 4 rings (SSSR count). The molecular weight excluding hydrogens is 447 g/mol. The van der Waals surface area contributed by atoms with E-state index in [0.717, 1.165) is 0 Å². The Morgan fingerprint density at radius 1 is 1.06 bits per heavy atom. The van der Waals surface area contributed by atoms with Gasteiger partial charge in [0, 0.05) is 48.3 Å². The largest absolute Gasteiger partial charge is 0.491 e. The summed E-state index contributed by atoms with van der Waals surface area (Å²) in [5.74, 6) is -3.53. The standard InChI is InChI=1S/C25H24F3N3O3/c1-33-20-13-16(14-30-24(20)34-2)23(32)31-22-18(17-5-3-4-6-19(17)26)9-12-29-21(22)15-7-10-25(27,28)11-8-15/h3-6,9,12-15H,7-8,10-11H2,1-2H3,(H,31,32). The molecule has 0 saturated heterocycles. The fourth-order valence-electron chi connectivity index (χ4n) is 4.18. The minimum atomic E-state index is -2.71. The maximum absolute atomic E-state index is 14.7. The molecule has 2 heterocycles. The van der Waals surface area contributed by atoms with Crippen LogP contribution in [0, 0.1) is 5.82 Å². The number of carbonyl (C=O) groups is 1. The molecule has 0 aliphatic heterocycles. The Hall–Kier alpha value is -3.62. The van der Waals surface area contributed by atoms with Crippen LogP contribution < -0.4 is 14.8 Å². The van der Waals surface area contributed by atoms with E-state index in [0.29, 0.717) is 16.9 Å². The number of aromatic nitrogens is 2. The quantitative estimate of drug-likeness (QED) is 0.489. The van der Waals surface area contributed by atoms with E-state index in [4.69, 9.17) is 9.47 Å². The molecule has 1 aromatic carbocycles. The van der Waals surface area contributed by atoms with Crippen LogP contribution in [0.4, 0.5) is 18.9 Å². The molecule has 6 nitrogen and oxygen atoms in total. The van der Waals surface area contributed by atoms with E-state index in [2.05, 4.69) is 15.3 Å². The molecule has 1 saturated carbocycles. The Morgan fingerprint density at radius 2 is 1.79 bits per heavy atom. The molecule has 2 aromatic heterocycles. The summed E-state index contributed by atoms with van der Waals surface area (Å²) in [4.78, 5) is 21.7. The van der Waals surface area contributed by atoms with E-state index in [1.165, 1.54) is 38.7 Å². The topological polar surface area (TPSA) is 73.3 Å². The highest BCUT2D eigenvalue weighted by Gasteiger charge is 2.37.